The maximum atomic E-state index is 12.7. The van der Waals surface area contributed by atoms with Gasteiger partial charge in [-0.3, -0.25) is 18.6 Å². The van der Waals surface area contributed by atoms with Gasteiger partial charge in [-0.2, -0.15) is 0 Å². The molecule has 0 aliphatic carbocycles. The molecule has 0 aromatic heterocycles. The normalized spacial score (nSPS) is 16.0. The lowest BCUT2D eigenvalue weighted by atomic mass is 10.0. The Labute approximate surface area is 361 Å². The van der Waals surface area contributed by atoms with Gasteiger partial charge in [-0.1, -0.05) is 171 Å². The van der Waals surface area contributed by atoms with E-state index in [4.69, 9.17) is 19.1 Å². The molecule has 0 aromatic carbocycles. The minimum absolute atomic E-state index is 0.0622. The molecule has 0 aliphatic rings. The molecule has 0 bridgehead atoms. The molecular weight excluding hydrogens is 791 g/mol. The van der Waals surface area contributed by atoms with Gasteiger partial charge in [0.1, 0.15) is 12.7 Å². The maximum absolute atomic E-state index is 12.7. The van der Waals surface area contributed by atoms with Gasteiger partial charge in [0.05, 0.1) is 38.1 Å². The number of hydrogen-bond acceptors (Lipinski definition) is 12. The monoisotopic (exact) mass is 873 g/mol. The van der Waals surface area contributed by atoms with Crippen molar-refractivity contribution in [2.45, 2.75) is 186 Å². The topological polar surface area (TPSA) is 210 Å². The summed E-state index contributed by atoms with van der Waals surface area (Å²) in [7, 11) is -4.72. The van der Waals surface area contributed by atoms with Crippen molar-refractivity contribution in [1.29, 1.82) is 0 Å². The number of phosphoric acid groups is 1. The third-order valence-corrected chi connectivity index (χ3v) is 10.4. The molecule has 0 fully saturated rings. The minimum atomic E-state index is -4.72. The first-order valence-corrected chi connectivity index (χ1v) is 23.9. The number of phosphoric ester groups is 1. The van der Waals surface area contributed by atoms with Crippen LogP contribution >= 0.6 is 7.82 Å². The van der Waals surface area contributed by atoms with E-state index in [0.717, 1.165) is 31.6 Å². The number of carbonyl (C=O) groups excluding carboxylic acids is 2. The summed E-state index contributed by atoms with van der Waals surface area (Å²) in [5.41, 5.74) is 0. The van der Waals surface area contributed by atoms with E-state index in [0.29, 0.717) is 12.8 Å². The number of rotatable bonds is 40. The SMILES string of the molecule is CC/C=C\C[C@H](O)/C=C/C=C/C=C\C=C/[C@@H](O)[C@H](O)CCCC(=O)O[C@H](COC(=O)CCCCCCCCCCCCCCCCC(C)C)COP(=O)(O)OC[C@@H](O)CO. The highest BCUT2D eigenvalue weighted by Crippen LogP contribution is 2.43. The van der Waals surface area contributed by atoms with Gasteiger partial charge in [0.25, 0.3) is 0 Å². The third kappa shape index (κ3) is 38.5. The highest BCUT2D eigenvalue weighted by atomic mass is 31.2. The zero-order valence-electron chi connectivity index (χ0n) is 36.9. The number of carbonyl (C=O) groups is 2. The van der Waals surface area contributed by atoms with E-state index in [-0.39, 0.29) is 25.7 Å². The number of hydrogen-bond donors (Lipinski definition) is 6. The molecule has 14 heteroatoms. The molecule has 60 heavy (non-hydrogen) atoms. The Hall–Kier alpha value is -2.45. The Bertz CT molecular complexity index is 1250. The molecule has 6 N–H and O–H groups in total. The molecule has 13 nitrogen and oxygen atoms in total. The number of esters is 2. The summed E-state index contributed by atoms with van der Waals surface area (Å²) >= 11 is 0. The smallest absolute Gasteiger partial charge is 0.462 e. The second-order valence-corrected chi connectivity index (χ2v) is 17.2. The molecule has 0 amide bonds. The fourth-order valence-electron chi connectivity index (χ4n) is 5.87. The van der Waals surface area contributed by atoms with E-state index in [1.165, 1.54) is 76.7 Å². The van der Waals surface area contributed by atoms with E-state index in [1.54, 1.807) is 42.5 Å². The highest BCUT2D eigenvalue weighted by Gasteiger charge is 2.27. The lowest BCUT2D eigenvalue weighted by molar-refractivity contribution is -0.161. The molecule has 0 aromatic rings. The van der Waals surface area contributed by atoms with Gasteiger partial charge in [-0.25, -0.2) is 4.57 Å². The molecule has 0 saturated carbocycles. The number of allylic oxidation sites excluding steroid dienone is 7. The van der Waals surface area contributed by atoms with Gasteiger partial charge in [0, 0.05) is 12.8 Å². The minimum Gasteiger partial charge on any atom is -0.462 e. The summed E-state index contributed by atoms with van der Waals surface area (Å²) in [6.45, 7) is 4.12. The quantitative estimate of drug-likeness (QED) is 0.0112. The first-order chi connectivity index (χ1) is 28.8. The maximum Gasteiger partial charge on any atom is 0.472 e. The number of aliphatic hydroxyl groups excluding tert-OH is 5. The zero-order chi connectivity index (χ0) is 44.7. The van der Waals surface area contributed by atoms with E-state index < -0.39 is 76.7 Å². The molecule has 1 unspecified atom stereocenters. The van der Waals surface area contributed by atoms with Gasteiger partial charge in [0.2, 0.25) is 0 Å². The molecule has 0 aliphatic heterocycles. The predicted octanol–water partition coefficient (Wildman–Crippen LogP) is 8.66. The molecule has 6 atom stereocenters. The summed E-state index contributed by atoms with van der Waals surface area (Å²) in [6.07, 6.45) is 31.3. The van der Waals surface area contributed by atoms with Gasteiger partial charge >= 0.3 is 19.8 Å². The summed E-state index contributed by atoms with van der Waals surface area (Å²) in [4.78, 5) is 35.1. The lowest BCUT2D eigenvalue weighted by Gasteiger charge is -2.20. The Morgan fingerprint density at radius 1 is 0.617 bits per heavy atom. The van der Waals surface area contributed by atoms with E-state index in [9.17, 15) is 39.5 Å². The largest absolute Gasteiger partial charge is 0.472 e. The summed E-state index contributed by atoms with van der Waals surface area (Å²) in [5, 5.41) is 48.8. The van der Waals surface area contributed by atoms with Crippen LogP contribution in [-0.4, -0.2) is 99.3 Å². The molecule has 0 heterocycles. The van der Waals surface area contributed by atoms with Crippen molar-refractivity contribution in [1.82, 2.24) is 0 Å². The lowest BCUT2D eigenvalue weighted by Crippen LogP contribution is -2.30. The van der Waals surface area contributed by atoms with Crippen LogP contribution in [0.1, 0.15) is 156 Å². The van der Waals surface area contributed by atoms with Gasteiger partial charge < -0.3 is 39.9 Å². The van der Waals surface area contributed by atoms with Crippen LogP contribution in [0.25, 0.3) is 0 Å². The first-order valence-electron chi connectivity index (χ1n) is 22.4. The fourth-order valence-corrected chi connectivity index (χ4v) is 6.66. The van der Waals surface area contributed by atoms with Crippen molar-refractivity contribution >= 4 is 19.8 Å². The number of unbranched alkanes of at least 4 members (excludes halogenated alkanes) is 13. The van der Waals surface area contributed by atoms with E-state index >= 15 is 0 Å². The van der Waals surface area contributed by atoms with Crippen LogP contribution in [-0.2, 0) is 32.7 Å². The van der Waals surface area contributed by atoms with Crippen LogP contribution in [0.3, 0.4) is 0 Å². The second kappa shape index (κ2) is 39.4. The molecule has 0 saturated heterocycles. The van der Waals surface area contributed by atoms with Crippen LogP contribution < -0.4 is 0 Å². The number of ether oxygens (including phenoxy) is 2. The standard InChI is InChI=1S/C46H81O13P/c1-4-5-22-29-40(48)30-24-19-16-17-20-25-31-43(50)44(51)32-27-34-46(53)59-42(38-58-60(54,55)57-36-41(49)35-47)37-56-45(52)33-26-21-15-13-11-9-7-6-8-10-12-14-18-23-28-39(2)3/h5,16-17,19-20,22,24-25,30-31,39-44,47-51H,4,6-15,18,21,23,26-29,32-38H2,1-3H3,(H,54,55)/b19-16+,20-17-,22-5-,30-24+,31-25-/t40-,41-,42+,43+,44+/m0/s1. The van der Waals surface area contributed by atoms with Crippen molar-refractivity contribution in [3.63, 3.8) is 0 Å². The fraction of sp³-hybridized carbons (Fsp3) is 0.739. The average molecular weight is 873 g/mol. The third-order valence-electron chi connectivity index (χ3n) is 9.46. The van der Waals surface area contributed by atoms with Crippen LogP contribution in [0.5, 0.6) is 0 Å². The van der Waals surface area contributed by atoms with Crippen molar-refractivity contribution in [2.24, 2.45) is 5.92 Å². The second-order valence-electron chi connectivity index (χ2n) is 15.7. The molecular formula is C46H81O13P. The van der Waals surface area contributed by atoms with Crippen molar-refractivity contribution in [2.75, 3.05) is 26.4 Å². The highest BCUT2D eigenvalue weighted by molar-refractivity contribution is 7.47. The Kier molecular flexibility index (Phi) is 37.8. The average Bonchev–Trinajstić information content (AvgIpc) is 3.21. The summed E-state index contributed by atoms with van der Waals surface area (Å²) in [5.74, 6) is -0.451. The molecule has 0 spiro atoms. The van der Waals surface area contributed by atoms with Gasteiger partial charge in [0.15, 0.2) is 6.10 Å². The summed E-state index contributed by atoms with van der Waals surface area (Å²) in [6, 6.07) is 0. The Morgan fingerprint density at radius 2 is 1.13 bits per heavy atom. The predicted molar refractivity (Wildman–Crippen MR) is 237 cm³/mol. The van der Waals surface area contributed by atoms with Crippen LogP contribution in [0.2, 0.25) is 0 Å². The Balaban J connectivity index is 4.59. The van der Waals surface area contributed by atoms with Crippen molar-refractivity contribution < 1.29 is 63.1 Å². The van der Waals surface area contributed by atoms with Crippen LogP contribution in [0, 0.1) is 5.92 Å². The van der Waals surface area contributed by atoms with Crippen LogP contribution in [0.4, 0.5) is 0 Å². The van der Waals surface area contributed by atoms with E-state index in [1.807, 2.05) is 19.1 Å². The Morgan fingerprint density at radius 3 is 1.70 bits per heavy atom. The molecule has 0 rings (SSSR count). The van der Waals surface area contributed by atoms with Crippen LogP contribution in [0.15, 0.2) is 60.8 Å². The number of aliphatic hydroxyl groups is 5. The van der Waals surface area contributed by atoms with Gasteiger partial charge in [-0.05, 0) is 38.0 Å². The van der Waals surface area contributed by atoms with E-state index in [2.05, 4.69) is 18.4 Å². The molecule has 0 radical (unpaired) electrons. The van der Waals surface area contributed by atoms with Crippen molar-refractivity contribution in [3.8, 4) is 0 Å². The molecule has 348 valence electrons. The zero-order valence-corrected chi connectivity index (χ0v) is 37.8. The first kappa shape index (κ1) is 57.5. The van der Waals surface area contributed by atoms with Crippen molar-refractivity contribution in [3.05, 3.63) is 60.8 Å². The summed E-state index contributed by atoms with van der Waals surface area (Å²) < 4.78 is 32.5. The van der Waals surface area contributed by atoms with Gasteiger partial charge in [-0.15, -0.1) is 0 Å².